The molecule has 6 nitrogen and oxygen atoms in total. The lowest BCUT2D eigenvalue weighted by Gasteiger charge is -2.39. The zero-order valence-electron chi connectivity index (χ0n) is 21.6. The number of carbonyl (C=O) groups excluding carboxylic acids is 2. The molecule has 0 fully saturated rings. The first-order valence-electron chi connectivity index (χ1n) is 12.5. The number of Topliss-reactive ketones (excluding diaryl/α,β-unsaturated/α-hetero) is 1. The maximum absolute atomic E-state index is 13.4. The van der Waals surface area contributed by atoms with Crippen molar-refractivity contribution in [2.75, 3.05) is 0 Å². The molecule has 0 spiro atoms. The highest BCUT2D eigenvalue weighted by atomic mass is 35.5. The van der Waals surface area contributed by atoms with Crippen molar-refractivity contribution in [3.8, 4) is 0 Å². The summed E-state index contributed by atoms with van der Waals surface area (Å²) in [6, 6.07) is 5.49. The summed E-state index contributed by atoms with van der Waals surface area (Å²) in [5.41, 5.74) is 0.842. The maximum Gasteiger partial charge on any atom is 0.306 e. The van der Waals surface area contributed by atoms with Gasteiger partial charge in [-0.2, -0.15) is 0 Å². The molecule has 2 rings (SSSR count). The molecule has 35 heavy (non-hydrogen) atoms. The molecule has 1 aliphatic heterocycles. The summed E-state index contributed by atoms with van der Waals surface area (Å²) >= 11 is 6.58. The van der Waals surface area contributed by atoms with Crippen LogP contribution in [0.2, 0.25) is 0 Å². The fourth-order valence-corrected chi connectivity index (χ4v) is 4.72. The monoisotopic (exact) mass is 505 g/mol. The third-order valence-electron chi connectivity index (χ3n) is 7.03. The van der Waals surface area contributed by atoms with Crippen LogP contribution in [0.15, 0.2) is 41.1 Å². The van der Waals surface area contributed by atoms with Crippen LogP contribution < -0.4 is 0 Å². The van der Waals surface area contributed by atoms with Gasteiger partial charge in [-0.15, -0.1) is 0 Å². The van der Waals surface area contributed by atoms with Gasteiger partial charge in [0.15, 0.2) is 5.79 Å². The number of hydrogen-bond donors (Lipinski definition) is 2. The molecule has 3 unspecified atom stereocenters. The van der Waals surface area contributed by atoms with E-state index >= 15 is 0 Å². The number of cyclic esters (lactones) is 1. The van der Waals surface area contributed by atoms with Gasteiger partial charge in [-0.1, -0.05) is 57.0 Å². The van der Waals surface area contributed by atoms with Crippen molar-refractivity contribution in [2.45, 2.75) is 91.5 Å². The number of aliphatic hydroxyl groups is 2. The Balaban J connectivity index is 2.33. The Bertz CT molecular complexity index is 923. The van der Waals surface area contributed by atoms with E-state index in [0.717, 1.165) is 18.4 Å². The van der Waals surface area contributed by atoms with Crippen molar-refractivity contribution < 1.29 is 24.5 Å². The van der Waals surface area contributed by atoms with E-state index in [9.17, 15) is 19.8 Å². The largest absolute Gasteiger partial charge is 0.456 e. The molecule has 0 amide bonds. The number of esters is 1. The van der Waals surface area contributed by atoms with E-state index in [1.807, 2.05) is 31.2 Å². The molecule has 7 heteroatoms. The number of halogens is 1. The van der Waals surface area contributed by atoms with Crippen LogP contribution in [-0.4, -0.2) is 38.8 Å². The Morgan fingerprint density at radius 1 is 1.26 bits per heavy atom. The molecular weight excluding hydrogens is 466 g/mol. The fourth-order valence-electron chi connectivity index (χ4n) is 4.47. The van der Waals surface area contributed by atoms with Gasteiger partial charge in [-0.25, -0.2) is 0 Å². The molecule has 1 aliphatic rings. The number of ether oxygens (including phenoxy) is 1. The van der Waals surface area contributed by atoms with E-state index in [1.165, 1.54) is 0 Å². The fraction of sp³-hybridized carbons (Fsp3) is 0.607. The van der Waals surface area contributed by atoms with E-state index in [2.05, 4.69) is 4.98 Å². The molecular formula is C28H40ClNO5. The summed E-state index contributed by atoms with van der Waals surface area (Å²) in [6.45, 7) is 9.04. The maximum atomic E-state index is 13.4. The molecule has 0 bridgehead atoms. The second-order valence-electron chi connectivity index (χ2n) is 10.3. The number of pyridine rings is 1. The Kier molecular flexibility index (Phi) is 10.7. The van der Waals surface area contributed by atoms with Crippen LogP contribution in [-0.2, 0) is 14.3 Å². The van der Waals surface area contributed by atoms with Crippen LogP contribution in [0.25, 0.3) is 6.08 Å². The Morgan fingerprint density at radius 2 is 1.97 bits per heavy atom. The average molecular weight is 506 g/mol. The lowest BCUT2D eigenvalue weighted by molar-refractivity contribution is -0.234. The Labute approximate surface area is 214 Å². The quantitative estimate of drug-likeness (QED) is 0.305. The van der Waals surface area contributed by atoms with E-state index in [0.29, 0.717) is 30.0 Å². The summed E-state index contributed by atoms with van der Waals surface area (Å²) in [5.74, 6) is -4.22. The third-order valence-corrected chi connectivity index (χ3v) is 7.38. The van der Waals surface area contributed by atoms with Gasteiger partial charge in [0, 0.05) is 30.4 Å². The van der Waals surface area contributed by atoms with Crippen LogP contribution in [0.1, 0.15) is 85.3 Å². The van der Waals surface area contributed by atoms with Gasteiger partial charge in [0.25, 0.3) is 0 Å². The van der Waals surface area contributed by atoms with E-state index in [-0.39, 0.29) is 18.6 Å². The van der Waals surface area contributed by atoms with Gasteiger partial charge in [-0.05, 0) is 57.2 Å². The van der Waals surface area contributed by atoms with Crippen molar-refractivity contribution in [3.05, 3.63) is 46.8 Å². The smallest absolute Gasteiger partial charge is 0.306 e. The van der Waals surface area contributed by atoms with Crippen molar-refractivity contribution in [1.82, 2.24) is 4.98 Å². The Hall–Kier alpha value is -2.02. The highest BCUT2D eigenvalue weighted by Gasteiger charge is 2.47. The lowest BCUT2D eigenvalue weighted by Crippen LogP contribution is -2.50. The first-order valence-corrected chi connectivity index (χ1v) is 12.9. The number of aromatic nitrogens is 1. The molecule has 1 aromatic heterocycles. The van der Waals surface area contributed by atoms with Crippen LogP contribution in [0.4, 0.5) is 0 Å². The first-order chi connectivity index (χ1) is 16.4. The molecule has 0 radical (unpaired) electrons. The topological polar surface area (TPSA) is 96.7 Å². The lowest BCUT2D eigenvalue weighted by atomic mass is 9.71. The highest BCUT2D eigenvalue weighted by molar-refractivity contribution is 6.32. The predicted molar refractivity (Wildman–Crippen MR) is 138 cm³/mol. The molecule has 2 heterocycles. The van der Waals surface area contributed by atoms with Gasteiger partial charge in [0.1, 0.15) is 11.9 Å². The minimum atomic E-state index is -2.10. The summed E-state index contributed by atoms with van der Waals surface area (Å²) in [5, 5.41) is 22.3. The van der Waals surface area contributed by atoms with Crippen LogP contribution in [0, 0.1) is 17.3 Å². The Morgan fingerprint density at radius 3 is 2.60 bits per heavy atom. The molecule has 1 aromatic rings. The van der Waals surface area contributed by atoms with Gasteiger partial charge in [-0.3, -0.25) is 14.6 Å². The van der Waals surface area contributed by atoms with Crippen LogP contribution in [0.5, 0.6) is 0 Å². The first kappa shape index (κ1) is 29.2. The minimum absolute atomic E-state index is 0.0154. The zero-order chi connectivity index (χ0) is 26.2. The van der Waals surface area contributed by atoms with Gasteiger partial charge in [0.2, 0.25) is 0 Å². The van der Waals surface area contributed by atoms with Crippen LogP contribution >= 0.6 is 11.6 Å². The number of nitrogens with zero attached hydrogens (tertiary/aromatic N) is 1. The molecule has 194 valence electrons. The van der Waals surface area contributed by atoms with Crippen molar-refractivity contribution in [3.63, 3.8) is 0 Å². The zero-order valence-corrected chi connectivity index (χ0v) is 22.3. The standard InChI is InChI=1S/C28H40ClNO5/c1-6-22-26(32)27(4,5)16-15-25(31)35-24(23(29)18-21-12-7-8-17-30-21)14-13-19(2)10-9-11-20(3)28(22,33)34/h7-8,12-13,17-18,20,22,24,33-34H,6,9-11,14-16H2,1-5H3. The summed E-state index contributed by atoms with van der Waals surface area (Å²) < 4.78 is 5.75. The number of hydrogen-bond acceptors (Lipinski definition) is 6. The molecule has 3 atom stereocenters. The SMILES string of the molecule is CCC1C(=O)C(C)(C)CCC(=O)OC(C(Cl)=Cc2ccccn2)CC=C(C)CCCC(C)C1(O)O. The third kappa shape index (κ3) is 8.26. The average Bonchev–Trinajstić information content (AvgIpc) is 2.80. The second-order valence-corrected chi connectivity index (χ2v) is 10.8. The summed E-state index contributed by atoms with van der Waals surface area (Å²) in [6.07, 6.45) is 7.75. The van der Waals surface area contributed by atoms with E-state index < -0.39 is 35.1 Å². The highest BCUT2D eigenvalue weighted by Crippen LogP contribution is 2.37. The number of rotatable bonds is 3. The summed E-state index contributed by atoms with van der Waals surface area (Å²) in [7, 11) is 0. The molecule has 0 saturated carbocycles. The second kappa shape index (κ2) is 12.8. The number of ketones is 1. The minimum Gasteiger partial charge on any atom is -0.456 e. The van der Waals surface area contributed by atoms with E-state index in [1.54, 1.807) is 40.0 Å². The van der Waals surface area contributed by atoms with Gasteiger partial charge >= 0.3 is 5.97 Å². The van der Waals surface area contributed by atoms with Gasteiger partial charge in [0.05, 0.1) is 16.6 Å². The molecule has 2 N–H and O–H groups in total. The predicted octanol–water partition coefficient (Wildman–Crippen LogP) is 5.81. The van der Waals surface area contributed by atoms with Crippen LogP contribution in [0.3, 0.4) is 0 Å². The molecule has 0 aliphatic carbocycles. The number of allylic oxidation sites excluding steroid dienone is 1. The van der Waals surface area contributed by atoms with Crippen molar-refractivity contribution >= 4 is 29.4 Å². The van der Waals surface area contributed by atoms with E-state index in [4.69, 9.17) is 16.3 Å². The normalized spacial score (nSPS) is 27.1. The van der Waals surface area contributed by atoms with Gasteiger partial charge < -0.3 is 14.9 Å². The summed E-state index contributed by atoms with van der Waals surface area (Å²) in [4.78, 5) is 30.4. The van der Waals surface area contributed by atoms with Crippen molar-refractivity contribution in [1.29, 1.82) is 0 Å². The number of carbonyl (C=O) groups is 2. The molecule has 0 aromatic carbocycles. The molecule has 0 saturated heterocycles. The van der Waals surface area contributed by atoms with Crippen molar-refractivity contribution in [2.24, 2.45) is 17.3 Å².